The minimum atomic E-state index is -1.18. The van der Waals surface area contributed by atoms with E-state index in [1.54, 1.807) is 43.5 Å². The Morgan fingerprint density at radius 3 is 2.37 bits per heavy atom. The van der Waals surface area contributed by atoms with Crippen LogP contribution in [0.25, 0.3) is 0 Å². The molecule has 0 saturated heterocycles. The van der Waals surface area contributed by atoms with Gasteiger partial charge in [-0.05, 0) is 54.1 Å². The maximum Gasteiger partial charge on any atom is 0.319 e. The summed E-state index contributed by atoms with van der Waals surface area (Å²) in [5.74, 6) is -0.358. The number of aliphatic hydroxyl groups is 1. The lowest BCUT2D eigenvalue weighted by molar-refractivity contribution is 0.174. The Morgan fingerprint density at radius 2 is 1.70 bits per heavy atom. The van der Waals surface area contributed by atoms with Gasteiger partial charge in [-0.15, -0.1) is 0 Å². The van der Waals surface area contributed by atoms with E-state index in [0.29, 0.717) is 22.9 Å². The molecule has 2 amide bonds. The van der Waals surface area contributed by atoms with Gasteiger partial charge in [0.2, 0.25) is 0 Å². The number of urea groups is 1. The molecule has 0 spiro atoms. The summed E-state index contributed by atoms with van der Waals surface area (Å²) in [5.41, 5.74) is 0.661. The third-order valence-corrected chi connectivity index (χ3v) is 4.19. The lowest BCUT2D eigenvalue weighted by Gasteiger charge is -2.14. The second-order valence-electron chi connectivity index (χ2n) is 6.30. The van der Waals surface area contributed by atoms with Gasteiger partial charge >= 0.3 is 6.03 Å². The molecule has 0 radical (unpaired) electrons. The van der Waals surface area contributed by atoms with Crippen molar-refractivity contribution in [3.05, 3.63) is 83.9 Å². The van der Waals surface area contributed by atoms with Gasteiger partial charge in [-0.3, -0.25) is 0 Å². The van der Waals surface area contributed by atoms with Crippen molar-refractivity contribution in [2.24, 2.45) is 0 Å². The van der Waals surface area contributed by atoms with Gasteiger partial charge in [-0.2, -0.15) is 0 Å². The zero-order valence-corrected chi connectivity index (χ0v) is 16.1. The largest absolute Gasteiger partial charge is 0.493 e. The first-order chi connectivity index (χ1) is 14.5. The Hall–Kier alpha value is -3.65. The number of anilines is 1. The molecule has 0 aliphatic rings. The number of methoxy groups -OCH3 is 1. The molecule has 3 aromatic carbocycles. The van der Waals surface area contributed by atoms with Crippen molar-refractivity contribution in [3.8, 4) is 17.2 Å². The standard InChI is InChI=1S/C22H20F2N2O4/c1-29-20-4-2-3-5-21(20)30-16-9-7-15(8-10-16)26-22(28)25-13-19(27)14-6-11-17(23)18(24)12-14/h2-12,19,27H,13H2,1H3,(H2,25,26,28). The second kappa shape index (κ2) is 9.71. The quantitative estimate of drug-likeness (QED) is 0.527. The van der Waals surface area contributed by atoms with Gasteiger partial charge in [-0.25, -0.2) is 13.6 Å². The second-order valence-corrected chi connectivity index (χ2v) is 6.30. The predicted molar refractivity (Wildman–Crippen MR) is 108 cm³/mol. The fourth-order valence-corrected chi connectivity index (χ4v) is 2.64. The number of para-hydroxylation sites is 2. The van der Waals surface area contributed by atoms with Crippen LogP contribution >= 0.6 is 0 Å². The Labute approximate surface area is 172 Å². The summed E-state index contributed by atoms with van der Waals surface area (Å²) in [5, 5.41) is 15.1. The average Bonchev–Trinajstić information content (AvgIpc) is 2.75. The highest BCUT2D eigenvalue weighted by Gasteiger charge is 2.12. The van der Waals surface area contributed by atoms with Crippen molar-refractivity contribution >= 4 is 11.7 Å². The van der Waals surface area contributed by atoms with Crippen LogP contribution < -0.4 is 20.1 Å². The lowest BCUT2D eigenvalue weighted by Crippen LogP contribution is -2.32. The fourth-order valence-electron chi connectivity index (χ4n) is 2.64. The van der Waals surface area contributed by atoms with Gasteiger partial charge in [0, 0.05) is 12.2 Å². The van der Waals surface area contributed by atoms with Crippen molar-refractivity contribution in [2.45, 2.75) is 6.10 Å². The average molecular weight is 414 g/mol. The third kappa shape index (κ3) is 5.45. The molecular weight excluding hydrogens is 394 g/mol. The number of benzene rings is 3. The van der Waals surface area contributed by atoms with E-state index in [1.807, 2.05) is 12.1 Å². The summed E-state index contributed by atoms with van der Waals surface area (Å²) in [7, 11) is 1.55. The first kappa shape index (κ1) is 21.1. The summed E-state index contributed by atoms with van der Waals surface area (Å²) in [6, 6.07) is 16.4. The Bertz CT molecular complexity index is 1010. The van der Waals surface area contributed by atoms with E-state index in [0.717, 1.165) is 12.1 Å². The number of carbonyl (C=O) groups is 1. The van der Waals surface area contributed by atoms with Crippen LogP contribution in [0, 0.1) is 11.6 Å². The van der Waals surface area contributed by atoms with Gasteiger partial charge < -0.3 is 25.2 Å². The molecule has 8 heteroatoms. The van der Waals surface area contributed by atoms with E-state index in [2.05, 4.69) is 10.6 Å². The summed E-state index contributed by atoms with van der Waals surface area (Å²) < 4.78 is 37.2. The predicted octanol–water partition coefficient (Wildman–Crippen LogP) is 4.62. The highest BCUT2D eigenvalue weighted by atomic mass is 19.2. The van der Waals surface area contributed by atoms with Gasteiger partial charge in [0.15, 0.2) is 23.1 Å². The molecule has 30 heavy (non-hydrogen) atoms. The van der Waals surface area contributed by atoms with E-state index >= 15 is 0 Å². The lowest BCUT2D eigenvalue weighted by atomic mass is 10.1. The smallest absolute Gasteiger partial charge is 0.319 e. The van der Waals surface area contributed by atoms with Crippen LogP contribution in [-0.4, -0.2) is 24.8 Å². The van der Waals surface area contributed by atoms with Gasteiger partial charge in [0.05, 0.1) is 13.2 Å². The van der Waals surface area contributed by atoms with Crippen molar-refractivity contribution < 1.29 is 28.2 Å². The van der Waals surface area contributed by atoms with Crippen LogP contribution in [0.5, 0.6) is 17.2 Å². The molecule has 3 aromatic rings. The topological polar surface area (TPSA) is 79.8 Å². The van der Waals surface area contributed by atoms with Crippen molar-refractivity contribution in [1.82, 2.24) is 5.32 Å². The Balaban J connectivity index is 1.52. The molecule has 156 valence electrons. The van der Waals surface area contributed by atoms with E-state index < -0.39 is 23.8 Å². The third-order valence-electron chi connectivity index (χ3n) is 4.19. The van der Waals surface area contributed by atoms with E-state index in [4.69, 9.17) is 9.47 Å². The molecule has 3 rings (SSSR count). The maximum atomic E-state index is 13.2. The number of rotatable bonds is 7. The normalized spacial score (nSPS) is 11.5. The number of halogens is 2. The maximum absolute atomic E-state index is 13.2. The van der Waals surface area contributed by atoms with Gasteiger partial charge in [0.25, 0.3) is 0 Å². The van der Waals surface area contributed by atoms with Crippen molar-refractivity contribution in [2.75, 3.05) is 19.0 Å². The van der Waals surface area contributed by atoms with Gasteiger partial charge in [0.1, 0.15) is 5.75 Å². The molecule has 0 saturated carbocycles. The first-order valence-electron chi connectivity index (χ1n) is 9.05. The van der Waals surface area contributed by atoms with Gasteiger partial charge in [-0.1, -0.05) is 18.2 Å². The number of aliphatic hydroxyl groups excluding tert-OH is 1. The highest BCUT2D eigenvalue weighted by molar-refractivity contribution is 5.89. The Kier molecular flexibility index (Phi) is 6.82. The SMILES string of the molecule is COc1ccccc1Oc1ccc(NC(=O)NCC(O)c2ccc(F)c(F)c2)cc1. The van der Waals surface area contributed by atoms with Crippen molar-refractivity contribution in [3.63, 3.8) is 0 Å². The molecule has 1 atom stereocenters. The molecule has 0 fully saturated rings. The molecule has 1 unspecified atom stereocenters. The molecule has 0 aliphatic heterocycles. The number of hydrogen-bond donors (Lipinski definition) is 3. The summed E-state index contributed by atoms with van der Waals surface area (Å²) >= 11 is 0. The van der Waals surface area contributed by atoms with Crippen LogP contribution in [0.15, 0.2) is 66.7 Å². The molecule has 0 heterocycles. The zero-order valence-electron chi connectivity index (χ0n) is 16.1. The van der Waals surface area contributed by atoms with Crippen molar-refractivity contribution in [1.29, 1.82) is 0 Å². The molecular formula is C22H20F2N2O4. The molecule has 0 aliphatic carbocycles. The molecule has 6 nitrogen and oxygen atoms in total. The molecule has 0 aromatic heterocycles. The zero-order chi connectivity index (χ0) is 21.5. The summed E-state index contributed by atoms with van der Waals surface area (Å²) in [4.78, 5) is 12.0. The van der Waals surface area contributed by atoms with Crippen LogP contribution in [0.3, 0.4) is 0 Å². The number of carbonyl (C=O) groups excluding carboxylic acids is 1. The van der Waals surface area contributed by atoms with E-state index in [9.17, 15) is 18.7 Å². The first-order valence-corrected chi connectivity index (χ1v) is 9.05. The number of amides is 2. The van der Waals surface area contributed by atoms with Crippen LogP contribution in [0.1, 0.15) is 11.7 Å². The summed E-state index contributed by atoms with van der Waals surface area (Å²) in [6.07, 6.45) is -1.18. The van der Waals surface area contributed by atoms with Crippen LogP contribution in [-0.2, 0) is 0 Å². The minimum absolute atomic E-state index is 0.159. The van der Waals surface area contributed by atoms with E-state index in [1.165, 1.54) is 6.07 Å². The highest BCUT2D eigenvalue weighted by Crippen LogP contribution is 2.31. The van der Waals surface area contributed by atoms with E-state index in [-0.39, 0.29) is 12.1 Å². The number of hydrogen-bond acceptors (Lipinski definition) is 4. The summed E-state index contributed by atoms with van der Waals surface area (Å²) in [6.45, 7) is -0.175. The monoisotopic (exact) mass is 414 g/mol. The Morgan fingerprint density at radius 1 is 1.00 bits per heavy atom. The van der Waals surface area contributed by atoms with Crippen LogP contribution in [0.4, 0.5) is 19.3 Å². The number of nitrogens with one attached hydrogen (secondary N) is 2. The minimum Gasteiger partial charge on any atom is -0.493 e. The molecule has 0 bridgehead atoms. The van der Waals surface area contributed by atoms with Crippen LogP contribution in [0.2, 0.25) is 0 Å². The number of ether oxygens (including phenoxy) is 2. The fraction of sp³-hybridized carbons (Fsp3) is 0.136. The molecule has 3 N–H and O–H groups in total.